The number of halogens is 9. The van der Waals surface area contributed by atoms with Crippen LogP contribution in [0.15, 0.2) is 65.6 Å². The molecule has 0 aromatic heterocycles. The Bertz CT molecular complexity index is 1450. The molecule has 2 N–H and O–H groups in total. The van der Waals surface area contributed by atoms with Crippen molar-refractivity contribution in [1.82, 2.24) is 0 Å². The molecule has 38 heavy (non-hydrogen) atoms. The molecule has 3 rings (SSSR count). The minimum absolute atomic E-state index is 0.0404. The number of aromatic carboxylic acids is 1. The zero-order valence-electron chi connectivity index (χ0n) is 18.5. The number of hydrogen-bond donors (Lipinski definition) is 2. The van der Waals surface area contributed by atoms with E-state index in [1.807, 2.05) is 0 Å². The van der Waals surface area contributed by atoms with Gasteiger partial charge in [0.1, 0.15) is 0 Å². The Morgan fingerprint density at radius 2 is 1.24 bits per heavy atom. The predicted molar refractivity (Wildman–Crippen MR) is 115 cm³/mol. The standard InChI is InChI=1S/C23H14F9NO4S/c24-21(25,26)14-6-5-13(7-12-3-1-2-4-18(12)20(34)35)19(11-14)33-38(36,37)17-9-15(22(27,28)29)8-16(10-17)23(30,31)32/h1-6,8-11,33H,7H2,(H,34,35). The second-order valence-electron chi connectivity index (χ2n) is 7.86. The molecule has 0 radical (unpaired) electrons. The summed E-state index contributed by atoms with van der Waals surface area (Å²) in [5.74, 6) is -1.40. The third kappa shape index (κ3) is 6.57. The summed E-state index contributed by atoms with van der Waals surface area (Å²) in [4.78, 5) is 9.97. The molecule has 0 atom stereocenters. The molecule has 0 aliphatic heterocycles. The first kappa shape index (κ1) is 28.8. The smallest absolute Gasteiger partial charge is 0.416 e. The Kier molecular flexibility index (Phi) is 7.47. The first-order valence-electron chi connectivity index (χ1n) is 10.1. The Hall–Kier alpha value is -3.75. The van der Waals surface area contributed by atoms with Gasteiger partial charge in [0.15, 0.2) is 0 Å². The Labute approximate surface area is 208 Å². The number of sulfonamides is 1. The van der Waals surface area contributed by atoms with E-state index in [0.717, 1.165) is 6.07 Å². The van der Waals surface area contributed by atoms with E-state index in [0.29, 0.717) is 12.1 Å². The third-order valence-corrected chi connectivity index (χ3v) is 6.53. The average molecular weight is 571 g/mol. The van der Waals surface area contributed by atoms with E-state index in [1.54, 1.807) is 4.72 Å². The first-order chi connectivity index (χ1) is 17.3. The van der Waals surface area contributed by atoms with E-state index in [4.69, 9.17) is 0 Å². The average Bonchev–Trinajstić information content (AvgIpc) is 2.78. The van der Waals surface area contributed by atoms with E-state index < -0.39 is 68.2 Å². The van der Waals surface area contributed by atoms with Crippen molar-refractivity contribution in [3.05, 3.63) is 94.0 Å². The van der Waals surface area contributed by atoms with Gasteiger partial charge in [-0.1, -0.05) is 24.3 Å². The molecule has 0 fully saturated rings. The van der Waals surface area contributed by atoms with Crippen LogP contribution in [0.1, 0.15) is 38.2 Å². The third-order valence-electron chi connectivity index (χ3n) is 5.18. The van der Waals surface area contributed by atoms with Gasteiger partial charge < -0.3 is 5.11 Å². The molecule has 0 heterocycles. The summed E-state index contributed by atoms with van der Waals surface area (Å²) in [5.41, 5.74) is -6.58. The highest BCUT2D eigenvalue weighted by molar-refractivity contribution is 7.92. The highest BCUT2D eigenvalue weighted by atomic mass is 32.2. The van der Waals surface area contributed by atoms with Gasteiger partial charge in [-0.15, -0.1) is 0 Å². The number of nitrogens with one attached hydrogen (secondary N) is 1. The lowest BCUT2D eigenvalue weighted by molar-refractivity contribution is -0.143. The number of carbonyl (C=O) groups is 1. The number of carboxylic acid groups (broad SMARTS) is 1. The molecule has 0 saturated carbocycles. The first-order valence-corrected chi connectivity index (χ1v) is 11.6. The normalized spacial score (nSPS) is 12.9. The molecule has 0 bridgehead atoms. The summed E-state index contributed by atoms with van der Waals surface area (Å²) in [6.07, 6.45) is -16.2. The van der Waals surface area contributed by atoms with Crippen LogP contribution >= 0.6 is 0 Å². The van der Waals surface area contributed by atoms with Gasteiger partial charge in [-0.05, 0) is 47.5 Å². The highest BCUT2D eigenvalue weighted by Gasteiger charge is 2.38. The molecule has 3 aromatic carbocycles. The van der Waals surface area contributed by atoms with Crippen molar-refractivity contribution >= 4 is 21.7 Å². The van der Waals surface area contributed by atoms with E-state index in [-0.39, 0.29) is 34.9 Å². The molecule has 3 aromatic rings. The van der Waals surface area contributed by atoms with Crippen molar-refractivity contribution in [1.29, 1.82) is 0 Å². The summed E-state index contributed by atoms with van der Waals surface area (Å²) in [6.45, 7) is 0. The number of hydrogen-bond acceptors (Lipinski definition) is 3. The van der Waals surface area contributed by atoms with Crippen LogP contribution in [0.3, 0.4) is 0 Å². The molecule has 0 aliphatic carbocycles. The fourth-order valence-corrected chi connectivity index (χ4v) is 4.54. The van der Waals surface area contributed by atoms with Crippen LogP contribution in [0.5, 0.6) is 0 Å². The highest BCUT2D eigenvalue weighted by Crippen LogP contribution is 2.38. The van der Waals surface area contributed by atoms with Gasteiger partial charge in [-0.25, -0.2) is 13.2 Å². The van der Waals surface area contributed by atoms with Gasteiger partial charge in [0.25, 0.3) is 10.0 Å². The second-order valence-corrected chi connectivity index (χ2v) is 9.54. The fourth-order valence-electron chi connectivity index (χ4n) is 3.38. The lowest BCUT2D eigenvalue weighted by Gasteiger charge is -2.18. The second kappa shape index (κ2) is 9.85. The van der Waals surface area contributed by atoms with Crippen LogP contribution < -0.4 is 4.72 Å². The quantitative estimate of drug-likeness (QED) is 0.318. The Balaban J connectivity index is 2.17. The number of carboxylic acids is 1. The molecule has 15 heteroatoms. The zero-order valence-corrected chi connectivity index (χ0v) is 19.3. The van der Waals surface area contributed by atoms with E-state index in [1.165, 1.54) is 24.3 Å². The lowest BCUT2D eigenvalue weighted by Crippen LogP contribution is -2.19. The van der Waals surface area contributed by atoms with Crippen molar-refractivity contribution in [3.8, 4) is 0 Å². The Morgan fingerprint density at radius 1 is 0.711 bits per heavy atom. The maximum Gasteiger partial charge on any atom is 0.416 e. The van der Waals surface area contributed by atoms with Crippen LogP contribution in [0.25, 0.3) is 0 Å². The topological polar surface area (TPSA) is 83.5 Å². The van der Waals surface area contributed by atoms with E-state index >= 15 is 0 Å². The maximum atomic E-state index is 13.3. The van der Waals surface area contributed by atoms with Crippen LogP contribution in [-0.4, -0.2) is 19.5 Å². The Morgan fingerprint density at radius 3 is 1.74 bits per heavy atom. The minimum Gasteiger partial charge on any atom is -0.478 e. The molecule has 5 nitrogen and oxygen atoms in total. The van der Waals surface area contributed by atoms with E-state index in [9.17, 15) is 57.8 Å². The molecular weight excluding hydrogens is 557 g/mol. The lowest BCUT2D eigenvalue weighted by atomic mass is 9.97. The van der Waals surface area contributed by atoms with Crippen molar-refractivity contribution in [2.24, 2.45) is 0 Å². The van der Waals surface area contributed by atoms with Crippen LogP contribution in [0, 0.1) is 0 Å². The molecular formula is C23H14F9NO4S. The number of rotatable bonds is 6. The molecule has 0 amide bonds. The van der Waals surface area contributed by atoms with Crippen LogP contribution in [-0.2, 0) is 35.0 Å². The van der Waals surface area contributed by atoms with Gasteiger partial charge in [0.05, 0.1) is 32.8 Å². The molecule has 0 unspecified atom stereocenters. The SMILES string of the molecule is O=C(O)c1ccccc1Cc1ccc(C(F)(F)F)cc1NS(=O)(=O)c1cc(C(F)(F)F)cc(C(F)(F)F)c1. The van der Waals surface area contributed by atoms with Crippen molar-refractivity contribution in [2.75, 3.05) is 4.72 Å². The summed E-state index contributed by atoms with van der Waals surface area (Å²) in [7, 11) is -5.32. The monoisotopic (exact) mass is 571 g/mol. The summed E-state index contributed by atoms with van der Waals surface area (Å²) >= 11 is 0. The number of anilines is 1. The van der Waals surface area contributed by atoms with Gasteiger partial charge in [0.2, 0.25) is 0 Å². The maximum absolute atomic E-state index is 13.3. The minimum atomic E-state index is -5.38. The molecule has 0 aliphatic rings. The molecule has 0 spiro atoms. The summed E-state index contributed by atoms with van der Waals surface area (Å²) in [6, 6.07) is 6.40. The van der Waals surface area contributed by atoms with Crippen molar-refractivity contribution in [3.63, 3.8) is 0 Å². The number of benzene rings is 3. The fraction of sp³-hybridized carbons (Fsp3) is 0.174. The van der Waals surface area contributed by atoms with Crippen molar-refractivity contribution < 1.29 is 57.8 Å². The largest absolute Gasteiger partial charge is 0.478 e. The molecule has 204 valence electrons. The molecule has 0 saturated heterocycles. The van der Waals surface area contributed by atoms with Gasteiger partial charge in [0, 0.05) is 6.42 Å². The summed E-state index contributed by atoms with van der Waals surface area (Å²) < 4.78 is 146. The van der Waals surface area contributed by atoms with Gasteiger partial charge in [-0.2, -0.15) is 39.5 Å². The van der Waals surface area contributed by atoms with Crippen LogP contribution in [0.2, 0.25) is 0 Å². The summed E-state index contributed by atoms with van der Waals surface area (Å²) in [5, 5.41) is 9.34. The number of alkyl halides is 9. The zero-order chi connectivity index (χ0) is 28.7. The van der Waals surface area contributed by atoms with E-state index in [2.05, 4.69) is 0 Å². The van der Waals surface area contributed by atoms with Crippen LogP contribution in [0.4, 0.5) is 45.2 Å². The predicted octanol–water partition coefficient (Wildman–Crippen LogP) is 6.83. The van der Waals surface area contributed by atoms with Gasteiger partial charge >= 0.3 is 24.5 Å². The van der Waals surface area contributed by atoms with Crippen molar-refractivity contribution in [2.45, 2.75) is 29.8 Å². The van der Waals surface area contributed by atoms with Gasteiger partial charge in [-0.3, -0.25) is 4.72 Å².